The normalized spacial score (nSPS) is 20.4. The number of hydrogen-bond acceptors (Lipinski definition) is 7. The Morgan fingerprint density at radius 1 is 1.17 bits per heavy atom. The molecule has 2 saturated heterocycles. The van der Waals surface area contributed by atoms with E-state index >= 15 is 0 Å². The summed E-state index contributed by atoms with van der Waals surface area (Å²) in [6.07, 6.45) is 3.08. The third-order valence-corrected chi connectivity index (χ3v) is 7.46. The molecular formula is C20H19N3O4S3. The van der Waals surface area contributed by atoms with Crippen molar-refractivity contribution in [3.8, 4) is 0 Å². The highest BCUT2D eigenvalue weighted by molar-refractivity contribution is 8.18. The van der Waals surface area contributed by atoms with Crippen molar-refractivity contribution in [3.63, 3.8) is 0 Å². The van der Waals surface area contributed by atoms with E-state index in [0.29, 0.717) is 22.7 Å². The Hall–Kier alpha value is -2.43. The van der Waals surface area contributed by atoms with E-state index in [9.17, 15) is 19.2 Å². The average molecular weight is 462 g/mol. The van der Waals surface area contributed by atoms with Gasteiger partial charge in [0.15, 0.2) is 0 Å². The summed E-state index contributed by atoms with van der Waals surface area (Å²) < 4.78 is 0. The molecule has 0 saturated carbocycles. The topological polar surface area (TPSA) is 86.8 Å². The van der Waals surface area contributed by atoms with Crippen LogP contribution in [0.2, 0.25) is 0 Å². The lowest BCUT2D eigenvalue weighted by atomic mass is 10.2. The minimum absolute atomic E-state index is 0.101. The van der Waals surface area contributed by atoms with Crippen LogP contribution in [0, 0.1) is 0 Å². The zero-order chi connectivity index (χ0) is 21.1. The summed E-state index contributed by atoms with van der Waals surface area (Å²) in [4.78, 5) is 54.6. The van der Waals surface area contributed by atoms with Gasteiger partial charge in [0.2, 0.25) is 5.91 Å². The van der Waals surface area contributed by atoms with Gasteiger partial charge in [-0.1, -0.05) is 12.1 Å². The van der Waals surface area contributed by atoms with Gasteiger partial charge < -0.3 is 10.2 Å². The Kier molecular flexibility index (Phi) is 6.35. The van der Waals surface area contributed by atoms with Gasteiger partial charge in [0.1, 0.15) is 6.04 Å². The summed E-state index contributed by atoms with van der Waals surface area (Å²) in [5, 5.41) is 6.18. The molecule has 4 rings (SSSR count). The quantitative estimate of drug-likeness (QED) is 0.668. The van der Waals surface area contributed by atoms with E-state index in [1.807, 2.05) is 29.0 Å². The number of amides is 4. The van der Waals surface area contributed by atoms with E-state index in [0.717, 1.165) is 28.0 Å². The lowest BCUT2D eigenvalue weighted by molar-refractivity contribution is -0.126. The van der Waals surface area contributed by atoms with Crippen LogP contribution in [0.3, 0.4) is 0 Å². The lowest BCUT2D eigenvalue weighted by Crippen LogP contribution is -2.47. The first kappa shape index (κ1) is 20.8. The van der Waals surface area contributed by atoms with Gasteiger partial charge in [-0.3, -0.25) is 24.1 Å². The largest absolute Gasteiger partial charge is 0.353 e. The van der Waals surface area contributed by atoms with E-state index in [1.165, 1.54) is 22.7 Å². The average Bonchev–Trinajstić information content (AvgIpc) is 3.52. The first-order valence-electron chi connectivity index (χ1n) is 9.45. The highest BCUT2D eigenvalue weighted by atomic mass is 32.2. The molecule has 10 heteroatoms. The maximum absolute atomic E-state index is 12.6. The van der Waals surface area contributed by atoms with Crippen LogP contribution in [0.5, 0.6) is 0 Å². The van der Waals surface area contributed by atoms with Crippen LogP contribution >= 0.6 is 34.4 Å². The van der Waals surface area contributed by atoms with Crippen LogP contribution < -0.4 is 5.32 Å². The number of thiophene rings is 2. The third-order valence-electron chi connectivity index (χ3n) is 4.87. The van der Waals surface area contributed by atoms with E-state index < -0.39 is 6.04 Å². The SMILES string of the molecule is O=C(NCCN1C(=O)SC(=Cc2cccs2)C1=O)C1CCCN1C(=O)c1cccs1. The van der Waals surface area contributed by atoms with E-state index in [1.54, 1.807) is 17.0 Å². The zero-order valence-electron chi connectivity index (χ0n) is 15.9. The van der Waals surface area contributed by atoms with Crippen LogP contribution in [0.25, 0.3) is 6.08 Å². The summed E-state index contributed by atoms with van der Waals surface area (Å²) in [5.74, 6) is -0.728. The van der Waals surface area contributed by atoms with Gasteiger partial charge in [0.05, 0.1) is 9.78 Å². The molecular weight excluding hydrogens is 442 g/mol. The molecule has 7 nitrogen and oxygen atoms in total. The maximum Gasteiger partial charge on any atom is 0.293 e. The number of carbonyl (C=O) groups excluding carboxylic acids is 4. The fourth-order valence-corrected chi connectivity index (χ4v) is 5.70. The molecule has 1 unspecified atom stereocenters. The van der Waals surface area contributed by atoms with Gasteiger partial charge in [-0.25, -0.2) is 0 Å². The van der Waals surface area contributed by atoms with Gasteiger partial charge in [-0.05, 0) is 53.6 Å². The first-order chi connectivity index (χ1) is 14.5. The van der Waals surface area contributed by atoms with Crippen molar-refractivity contribution in [2.24, 2.45) is 0 Å². The third kappa shape index (κ3) is 4.35. The molecule has 2 aliphatic rings. The number of thioether (sulfide) groups is 1. The van der Waals surface area contributed by atoms with Crippen LogP contribution in [0.15, 0.2) is 39.9 Å². The van der Waals surface area contributed by atoms with Gasteiger partial charge in [-0.15, -0.1) is 22.7 Å². The van der Waals surface area contributed by atoms with Crippen molar-refractivity contribution in [1.29, 1.82) is 0 Å². The summed E-state index contributed by atoms with van der Waals surface area (Å²) in [5.41, 5.74) is 0. The number of nitrogens with zero attached hydrogens (tertiary/aromatic N) is 2. The molecule has 0 radical (unpaired) electrons. The van der Waals surface area contributed by atoms with E-state index in [2.05, 4.69) is 5.32 Å². The van der Waals surface area contributed by atoms with Gasteiger partial charge in [-0.2, -0.15) is 0 Å². The smallest absolute Gasteiger partial charge is 0.293 e. The van der Waals surface area contributed by atoms with E-state index in [-0.39, 0.29) is 36.1 Å². The number of nitrogens with one attached hydrogen (secondary N) is 1. The molecule has 156 valence electrons. The monoisotopic (exact) mass is 461 g/mol. The Balaban J connectivity index is 1.31. The second-order valence-electron chi connectivity index (χ2n) is 6.77. The first-order valence-corrected chi connectivity index (χ1v) is 12.0. The Morgan fingerprint density at radius 3 is 2.70 bits per heavy atom. The van der Waals surface area contributed by atoms with Crippen molar-refractivity contribution < 1.29 is 19.2 Å². The number of hydrogen-bond donors (Lipinski definition) is 1. The predicted molar refractivity (Wildman–Crippen MR) is 118 cm³/mol. The molecule has 30 heavy (non-hydrogen) atoms. The minimum atomic E-state index is -0.520. The van der Waals surface area contributed by atoms with Crippen LogP contribution in [-0.4, -0.2) is 58.4 Å². The maximum atomic E-state index is 12.6. The molecule has 1 N–H and O–H groups in total. The van der Waals surface area contributed by atoms with Gasteiger partial charge in [0.25, 0.3) is 17.1 Å². The van der Waals surface area contributed by atoms with Crippen LogP contribution in [0.1, 0.15) is 27.4 Å². The van der Waals surface area contributed by atoms with Crippen molar-refractivity contribution in [1.82, 2.24) is 15.1 Å². The van der Waals surface area contributed by atoms with Crippen LogP contribution in [0.4, 0.5) is 4.79 Å². The summed E-state index contributed by atoms with van der Waals surface area (Å²) in [7, 11) is 0. The summed E-state index contributed by atoms with van der Waals surface area (Å²) >= 11 is 3.76. The van der Waals surface area contributed by atoms with Crippen LogP contribution in [-0.2, 0) is 9.59 Å². The standard InChI is InChI=1S/C20H19N3O4S3/c24-17(14-5-1-8-22(14)18(25)15-6-3-11-29-15)21-7-9-23-19(26)16(30-20(23)27)12-13-4-2-10-28-13/h2-4,6,10-12,14H,1,5,7-9H2,(H,21,24). The number of carbonyl (C=O) groups is 4. The molecule has 4 amide bonds. The molecule has 0 aromatic carbocycles. The Morgan fingerprint density at radius 2 is 1.97 bits per heavy atom. The molecule has 2 fully saturated rings. The predicted octanol–water partition coefficient (Wildman–Crippen LogP) is 3.27. The molecule has 2 aliphatic heterocycles. The number of rotatable bonds is 6. The van der Waals surface area contributed by atoms with Crippen molar-refractivity contribution in [3.05, 3.63) is 49.7 Å². The van der Waals surface area contributed by atoms with Crippen molar-refractivity contribution in [2.45, 2.75) is 18.9 Å². The van der Waals surface area contributed by atoms with Crippen molar-refractivity contribution in [2.75, 3.05) is 19.6 Å². The lowest BCUT2D eigenvalue weighted by Gasteiger charge is -2.23. The second kappa shape index (κ2) is 9.15. The van der Waals surface area contributed by atoms with E-state index in [4.69, 9.17) is 0 Å². The molecule has 2 aromatic rings. The van der Waals surface area contributed by atoms with Gasteiger partial charge in [0, 0.05) is 24.5 Å². The van der Waals surface area contributed by atoms with Crippen molar-refractivity contribution >= 4 is 63.5 Å². The van der Waals surface area contributed by atoms with Gasteiger partial charge >= 0.3 is 0 Å². The molecule has 0 spiro atoms. The highest BCUT2D eigenvalue weighted by Gasteiger charge is 2.36. The minimum Gasteiger partial charge on any atom is -0.353 e. The summed E-state index contributed by atoms with van der Waals surface area (Å²) in [6.45, 7) is 0.801. The molecule has 1 atom stereocenters. The fraction of sp³-hybridized carbons (Fsp3) is 0.300. The Labute approximate surface area is 185 Å². The second-order valence-corrected chi connectivity index (χ2v) is 9.69. The highest BCUT2D eigenvalue weighted by Crippen LogP contribution is 2.32. The summed E-state index contributed by atoms with van der Waals surface area (Å²) in [6, 6.07) is 6.80. The molecule has 0 bridgehead atoms. The zero-order valence-corrected chi connectivity index (χ0v) is 18.4. The number of likely N-dealkylation sites (tertiary alicyclic amines) is 1. The Bertz CT molecular complexity index is 985. The fourth-order valence-electron chi connectivity index (χ4n) is 3.43. The molecule has 0 aliphatic carbocycles. The number of imide groups is 1. The molecule has 2 aromatic heterocycles. The molecule has 4 heterocycles.